The molecule has 0 aromatic carbocycles. The fourth-order valence-electron chi connectivity index (χ4n) is 3.42. The Balaban J connectivity index is 1.44. The van der Waals surface area contributed by atoms with Crippen molar-refractivity contribution in [1.29, 1.82) is 0 Å². The largest absolute Gasteiger partial charge is 0.376 e. The molecule has 6 nitrogen and oxygen atoms in total. The molecule has 0 saturated carbocycles. The molecule has 6 heteroatoms. The van der Waals surface area contributed by atoms with Crippen LogP contribution in [0.3, 0.4) is 0 Å². The maximum Gasteiger partial charge on any atom is 0.224 e. The lowest BCUT2D eigenvalue weighted by molar-refractivity contribution is -0.169. The van der Waals surface area contributed by atoms with Crippen molar-refractivity contribution in [2.24, 2.45) is 5.92 Å². The zero-order valence-electron chi connectivity index (χ0n) is 14.6. The van der Waals surface area contributed by atoms with E-state index in [1.807, 2.05) is 36.0 Å². The number of hydrogen-bond donors (Lipinski definition) is 0. The van der Waals surface area contributed by atoms with Gasteiger partial charge in [-0.2, -0.15) is 0 Å². The molecule has 3 rings (SSSR count). The van der Waals surface area contributed by atoms with E-state index < -0.39 is 0 Å². The minimum Gasteiger partial charge on any atom is -0.376 e. The number of pyridine rings is 1. The Labute approximate surface area is 143 Å². The van der Waals surface area contributed by atoms with Crippen LogP contribution in [-0.4, -0.2) is 73.2 Å². The van der Waals surface area contributed by atoms with Crippen LogP contribution >= 0.6 is 0 Å². The predicted octanol–water partition coefficient (Wildman–Crippen LogP) is 1.17. The highest BCUT2D eigenvalue weighted by Gasteiger charge is 2.54. The van der Waals surface area contributed by atoms with Gasteiger partial charge in [0, 0.05) is 37.9 Å². The maximum absolute atomic E-state index is 12.2. The summed E-state index contributed by atoms with van der Waals surface area (Å²) in [4.78, 5) is 20.2. The summed E-state index contributed by atoms with van der Waals surface area (Å²) in [5.74, 6) is 0.596. The number of rotatable bonds is 7. The highest BCUT2D eigenvalue weighted by molar-refractivity contribution is 5.77. The minimum absolute atomic E-state index is 0.175. The van der Waals surface area contributed by atoms with Crippen molar-refractivity contribution in [3.63, 3.8) is 0 Å². The topological polar surface area (TPSA) is 54.9 Å². The molecule has 1 spiro atoms. The quantitative estimate of drug-likeness (QED) is 0.750. The van der Waals surface area contributed by atoms with Crippen molar-refractivity contribution in [2.75, 3.05) is 46.9 Å². The summed E-state index contributed by atoms with van der Waals surface area (Å²) in [6.45, 7) is 4.26. The standard InChI is InChI=1S/C18H27N3O3/c1-20(2)9-5-17(22)21-13-18(14-21)16(6-10-24-18)12-23-11-15-3-7-19-8-4-15/h3-4,7-8,16H,5-6,9-14H2,1-2H3. The Morgan fingerprint density at radius 2 is 2.17 bits per heavy atom. The van der Waals surface area contributed by atoms with E-state index >= 15 is 0 Å². The first kappa shape index (κ1) is 17.3. The molecular formula is C18H27N3O3. The van der Waals surface area contributed by atoms with Crippen molar-refractivity contribution in [3.05, 3.63) is 30.1 Å². The van der Waals surface area contributed by atoms with E-state index in [4.69, 9.17) is 9.47 Å². The molecule has 24 heavy (non-hydrogen) atoms. The van der Waals surface area contributed by atoms with Crippen molar-refractivity contribution < 1.29 is 14.3 Å². The van der Waals surface area contributed by atoms with Gasteiger partial charge in [0.05, 0.1) is 26.3 Å². The first-order chi connectivity index (χ1) is 11.6. The molecule has 3 heterocycles. The van der Waals surface area contributed by atoms with Gasteiger partial charge < -0.3 is 19.3 Å². The SMILES string of the molecule is CN(C)CCC(=O)N1CC2(C1)OCCC2COCc1ccncc1. The second-order valence-corrected chi connectivity index (χ2v) is 7.07. The van der Waals surface area contributed by atoms with E-state index in [0.29, 0.717) is 38.6 Å². The first-order valence-electron chi connectivity index (χ1n) is 8.62. The van der Waals surface area contributed by atoms with Gasteiger partial charge in [0.25, 0.3) is 0 Å². The van der Waals surface area contributed by atoms with Gasteiger partial charge in [-0.05, 0) is 38.2 Å². The van der Waals surface area contributed by atoms with Crippen molar-refractivity contribution >= 4 is 5.91 Å². The van der Waals surface area contributed by atoms with E-state index in [0.717, 1.165) is 25.1 Å². The molecule has 0 bridgehead atoms. The van der Waals surface area contributed by atoms with Gasteiger partial charge in [0.2, 0.25) is 5.91 Å². The average Bonchev–Trinajstić information content (AvgIpc) is 2.96. The van der Waals surface area contributed by atoms with Gasteiger partial charge in [-0.3, -0.25) is 9.78 Å². The smallest absolute Gasteiger partial charge is 0.224 e. The summed E-state index contributed by atoms with van der Waals surface area (Å²) in [7, 11) is 3.97. The van der Waals surface area contributed by atoms with Crippen molar-refractivity contribution in [3.8, 4) is 0 Å². The second kappa shape index (κ2) is 7.59. The Kier molecular flexibility index (Phi) is 5.48. The summed E-state index contributed by atoms with van der Waals surface area (Å²) in [5, 5.41) is 0. The molecule has 1 aromatic rings. The van der Waals surface area contributed by atoms with Crippen LogP contribution in [0.1, 0.15) is 18.4 Å². The third kappa shape index (κ3) is 3.94. The molecule has 1 unspecified atom stereocenters. The van der Waals surface area contributed by atoms with E-state index in [-0.39, 0.29) is 11.5 Å². The summed E-state index contributed by atoms with van der Waals surface area (Å²) in [5.41, 5.74) is 0.957. The summed E-state index contributed by atoms with van der Waals surface area (Å²) in [6.07, 6.45) is 5.15. The fourth-order valence-corrected chi connectivity index (χ4v) is 3.42. The lowest BCUT2D eigenvalue weighted by Crippen LogP contribution is -2.66. The number of carbonyl (C=O) groups is 1. The Morgan fingerprint density at radius 3 is 2.88 bits per heavy atom. The van der Waals surface area contributed by atoms with Gasteiger partial charge in [-0.25, -0.2) is 0 Å². The van der Waals surface area contributed by atoms with Gasteiger partial charge in [0.1, 0.15) is 5.60 Å². The third-order valence-electron chi connectivity index (χ3n) is 4.98. The van der Waals surface area contributed by atoms with Crippen LogP contribution in [0.4, 0.5) is 0 Å². The summed E-state index contributed by atoms with van der Waals surface area (Å²) < 4.78 is 11.9. The van der Waals surface area contributed by atoms with Crippen molar-refractivity contribution in [2.45, 2.75) is 25.0 Å². The van der Waals surface area contributed by atoms with Gasteiger partial charge in [0.15, 0.2) is 0 Å². The second-order valence-electron chi connectivity index (χ2n) is 7.07. The number of carbonyl (C=O) groups excluding carboxylic acids is 1. The Hall–Kier alpha value is -1.50. The lowest BCUT2D eigenvalue weighted by Gasteiger charge is -2.50. The van der Waals surface area contributed by atoms with Crippen LogP contribution in [0.25, 0.3) is 0 Å². The molecule has 0 aliphatic carbocycles. The molecule has 2 saturated heterocycles. The highest BCUT2D eigenvalue weighted by atomic mass is 16.5. The van der Waals surface area contributed by atoms with Crippen LogP contribution in [-0.2, 0) is 20.9 Å². The van der Waals surface area contributed by atoms with E-state index in [1.54, 1.807) is 12.4 Å². The van der Waals surface area contributed by atoms with Crippen LogP contribution in [0.2, 0.25) is 0 Å². The number of nitrogens with zero attached hydrogens (tertiary/aromatic N) is 3. The monoisotopic (exact) mass is 333 g/mol. The van der Waals surface area contributed by atoms with Crippen LogP contribution in [0, 0.1) is 5.92 Å². The highest BCUT2D eigenvalue weighted by Crippen LogP contribution is 2.40. The van der Waals surface area contributed by atoms with Gasteiger partial charge in [-0.15, -0.1) is 0 Å². The van der Waals surface area contributed by atoms with E-state index in [2.05, 4.69) is 4.98 Å². The Bertz CT molecular complexity index is 544. The zero-order valence-corrected chi connectivity index (χ0v) is 14.6. The van der Waals surface area contributed by atoms with Crippen molar-refractivity contribution in [1.82, 2.24) is 14.8 Å². The maximum atomic E-state index is 12.2. The lowest BCUT2D eigenvalue weighted by atomic mass is 9.81. The number of aromatic nitrogens is 1. The molecule has 1 atom stereocenters. The molecule has 2 aliphatic rings. The molecule has 2 fully saturated rings. The van der Waals surface area contributed by atoms with Crippen LogP contribution in [0.5, 0.6) is 0 Å². The molecule has 2 aliphatic heterocycles. The molecule has 0 N–H and O–H groups in total. The molecule has 1 aromatic heterocycles. The molecule has 1 amide bonds. The minimum atomic E-state index is -0.175. The number of amides is 1. The summed E-state index contributed by atoms with van der Waals surface area (Å²) in [6, 6.07) is 3.94. The predicted molar refractivity (Wildman–Crippen MR) is 90.4 cm³/mol. The summed E-state index contributed by atoms with van der Waals surface area (Å²) >= 11 is 0. The molecule has 132 valence electrons. The fraction of sp³-hybridized carbons (Fsp3) is 0.667. The van der Waals surface area contributed by atoms with Crippen LogP contribution in [0.15, 0.2) is 24.5 Å². The molecule has 0 radical (unpaired) electrons. The molecular weight excluding hydrogens is 306 g/mol. The average molecular weight is 333 g/mol. The zero-order chi connectivity index (χ0) is 17.0. The van der Waals surface area contributed by atoms with E-state index in [1.165, 1.54) is 0 Å². The first-order valence-corrected chi connectivity index (χ1v) is 8.62. The Morgan fingerprint density at radius 1 is 1.42 bits per heavy atom. The third-order valence-corrected chi connectivity index (χ3v) is 4.98. The normalized spacial score (nSPS) is 22.1. The number of ether oxygens (including phenoxy) is 2. The van der Waals surface area contributed by atoms with Gasteiger partial charge >= 0.3 is 0 Å². The van der Waals surface area contributed by atoms with E-state index in [9.17, 15) is 4.79 Å². The number of likely N-dealkylation sites (tertiary alicyclic amines) is 1. The number of hydrogen-bond acceptors (Lipinski definition) is 5. The van der Waals surface area contributed by atoms with Crippen LogP contribution < -0.4 is 0 Å². The van der Waals surface area contributed by atoms with Gasteiger partial charge in [-0.1, -0.05) is 0 Å².